The number of carbonyl (C=O) groups excluding carboxylic acids is 1. The van der Waals surface area contributed by atoms with E-state index in [1.165, 1.54) is 4.90 Å². The van der Waals surface area contributed by atoms with Crippen molar-refractivity contribution in [1.29, 1.82) is 0 Å². The van der Waals surface area contributed by atoms with Gasteiger partial charge in [0.25, 0.3) is 5.91 Å². The first-order chi connectivity index (χ1) is 11.6. The molecule has 1 aromatic carbocycles. The van der Waals surface area contributed by atoms with Gasteiger partial charge in [0.15, 0.2) is 10.9 Å². The van der Waals surface area contributed by atoms with E-state index in [1.807, 2.05) is 30.3 Å². The van der Waals surface area contributed by atoms with Crippen LogP contribution in [-0.2, 0) is 4.79 Å². The second-order valence-electron chi connectivity index (χ2n) is 5.42. The molecule has 5 nitrogen and oxygen atoms in total. The number of para-hydroxylation sites is 2. The normalized spacial score (nSPS) is 20.2. The lowest BCUT2D eigenvalue weighted by atomic mass is 10.3. The molecule has 2 heterocycles. The van der Waals surface area contributed by atoms with Gasteiger partial charge in [-0.3, -0.25) is 9.69 Å². The zero-order chi connectivity index (χ0) is 17.3. The van der Waals surface area contributed by atoms with Gasteiger partial charge in [0, 0.05) is 26.2 Å². The summed E-state index contributed by atoms with van der Waals surface area (Å²) in [5, 5.41) is 0.479. The van der Waals surface area contributed by atoms with Gasteiger partial charge >= 0.3 is 0 Å². The summed E-state index contributed by atoms with van der Waals surface area (Å²) in [6.07, 6.45) is 5.23. The van der Waals surface area contributed by atoms with Crippen LogP contribution in [-0.4, -0.2) is 41.0 Å². The first-order valence-electron chi connectivity index (χ1n) is 7.75. The summed E-state index contributed by atoms with van der Waals surface area (Å²) >= 11 is 5.31. The summed E-state index contributed by atoms with van der Waals surface area (Å²) in [6, 6.07) is 7.86. The van der Waals surface area contributed by atoms with Crippen LogP contribution in [0.25, 0.3) is 0 Å². The van der Waals surface area contributed by atoms with Crippen LogP contribution in [0, 0.1) is 0 Å². The van der Waals surface area contributed by atoms with Crippen molar-refractivity contribution >= 4 is 28.9 Å². The number of benzene rings is 1. The van der Waals surface area contributed by atoms with Crippen LogP contribution in [0.5, 0.6) is 5.75 Å². The number of nitrogens with zero attached hydrogens (tertiary/aromatic N) is 3. The van der Waals surface area contributed by atoms with Crippen molar-refractivity contribution in [2.45, 2.75) is 6.92 Å². The number of rotatable bonds is 4. The van der Waals surface area contributed by atoms with Crippen molar-refractivity contribution in [2.75, 3.05) is 25.0 Å². The summed E-state index contributed by atoms with van der Waals surface area (Å²) < 4.78 is 5.89. The lowest BCUT2D eigenvalue weighted by Gasteiger charge is -2.15. The molecule has 0 saturated carbocycles. The van der Waals surface area contributed by atoms with E-state index < -0.39 is 0 Å². The average molecular weight is 341 g/mol. The molecular weight excluding hydrogens is 322 g/mol. The second-order valence-corrected chi connectivity index (χ2v) is 5.78. The Morgan fingerprint density at radius 3 is 2.71 bits per heavy atom. The van der Waals surface area contributed by atoms with Gasteiger partial charge < -0.3 is 14.5 Å². The fourth-order valence-electron chi connectivity index (χ4n) is 2.78. The largest absolute Gasteiger partial charge is 0.439 e. The van der Waals surface area contributed by atoms with E-state index in [0.29, 0.717) is 23.2 Å². The van der Waals surface area contributed by atoms with Gasteiger partial charge in [-0.2, -0.15) is 0 Å². The third kappa shape index (κ3) is 2.59. The lowest BCUT2D eigenvalue weighted by Crippen LogP contribution is -2.31. The molecule has 24 heavy (non-hydrogen) atoms. The topological polar surface area (TPSA) is 36.0 Å². The Morgan fingerprint density at radius 1 is 1.25 bits per heavy atom. The first kappa shape index (κ1) is 16.3. The second kappa shape index (κ2) is 6.49. The molecular formula is C18H19N3O2S. The summed E-state index contributed by atoms with van der Waals surface area (Å²) in [4.78, 5) is 17.8. The maximum atomic E-state index is 12.5. The lowest BCUT2D eigenvalue weighted by molar-refractivity contribution is -0.122. The zero-order valence-corrected chi connectivity index (χ0v) is 14.5. The number of carbonyl (C=O) groups is 1. The first-order valence-corrected chi connectivity index (χ1v) is 8.16. The van der Waals surface area contributed by atoms with Gasteiger partial charge in [0.05, 0.1) is 5.69 Å². The van der Waals surface area contributed by atoms with Crippen molar-refractivity contribution in [3.05, 3.63) is 60.7 Å². The van der Waals surface area contributed by atoms with Crippen molar-refractivity contribution in [3.8, 4) is 5.75 Å². The number of amides is 1. The quantitative estimate of drug-likeness (QED) is 0.478. The minimum atomic E-state index is -0.127. The molecule has 2 aliphatic heterocycles. The molecule has 1 saturated heterocycles. The highest BCUT2D eigenvalue weighted by molar-refractivity contribution is 7.80. The number of ether oxygens (including phenoxy) is 1. The third-order valence-electron chi connectivity index (χ3n) is 3.99. The van der Waals surface area contributed by atoms with Gasteiger partial charge in [-0.15, -0.1) is 6.58 Å². The van der Waals surface area contributed by atoms with Crippen LogP contribution in [0.3, 0.4) is 0 Å². The molecule has 0 spiro atoms. The molecule has 0 unspecified atom stereocenters. The Morgan fingerprint density at radius 2 is 2.00 bits per heavy atom. The summed E-state index contributed by atoms with van der Waals surface area (Å²) in [6.45, 7) is 6.90. The minimum Gasteiger partial charge on any atom is -0.439 e. The molecule has 0 aromatic heterocycles. The zero-order valence-electron chi connectivity index (χ0n) is 13.7. The monoisotopic (exact) mass is 341 g/mol. The number of hydrogen-bond donors (Lipinski definition) is 0. The Labute approximate surface area is 147 Å². The number of allylic oxidation sites excluding steroid dienone is 2. The molecule has 0 radical (unpaired) electrons. The highest BCUT2D eigenvalue weighted by atomic mass is 32.1. The molecule has 1 aromatic rings. The smallest absolute Gasteiger partial charge is 0.277 e. The Bertz CT molecular complexity index is 769. The Hall–Kier alpha value is -2.60. The van der Waals surface area contributed by atoms with Crippen LogP contribution in [0.15, 0.2) is 60.7 Å². The molecule has 3 rings (SSSR count). The van der Waals surface area contributed by atoms with Crippen molar-refractivity contribution in [1.82, 2.24) is 9.80 Å². The SMILES string of the molecule is C=CCN1C(=O)/C(=C/C=C2/Oc3ccccc3N2CC)N(C)C1=S. The van der Waals surface area contributed by atoms with Crippen LogP contribution >= 0.6 is 12.2 Å². The van der Waals surface area contributed by atoms with E-state index in [-0.39, 0.29) is 5.91 Å². The Kier molecular flexibility index (Phi) is 4.40. The fourth-order valence-corrected chi connectivity index (χ4v) is 3.04. The number of hydrogen-bond acceptors (Lipinski definition) is 4. The van der Waals surface area contributed by atoms with Crippen LogP contribution < -0.4 is 9.64 Å². The predicted octanol–water partition coefficient (Wildman–Crippen LogP) is 2.88. The molecule has 124 valence electrons. The molecule has 2 aliphatic rings. The molecule has 0 aliphatic carbocycles. The molecule has 1 amide bonds. The fraction of sp³-hybridized carbons (Fsp3) is 0.222. The van der Waals surface area contributed by atoms with E-state index in [9.17, 15) is 4.79 Å². The number of anilines is 1. The molecule has 1 fully saturated rings. The van der Waals surface area contributed by atoms with Gasteiger partial charge in [0.1, 0.15) is 5.70 Å². The summed E-state index contributed by atoms with van der Waals surface area (Å²) in [5.74, 6) is 1.39. The number of fused-ring (bicyclic) bond motifs is 1. The maximum absolute atomic E-state index is 12.5. The highest BCUT2D eigenvalue weighted by Gasteiger charge is 2.34. The predicted molar refractivity (Wildman–Crippen MR) is 98.5 cm³/mol. The molecule has 0 atom stereocenters. The number of thiocarbonyl (C=S) groups is 1. The van der Waals surface area contributed by atoms with Crippen LogP contribution in [0.2, 0.25) is 0 Å². The standard InChI is InChI=1S/C18H19N3O2S/c1-4-12-21-17(22)14(19(3)18(21)24)10-11-16-20(5-2)13-8-6-7-9-15(13)23-16/h4,6-11H,1,5,12H2,2-3H3/b14-10-,16-11+. The highest BCUT2D eigenvalue weighted by Crippen LogP contribution is 2.38. The van der Waals surface area contributed by atoms with E-state index in [2.05, 4.69) is 18.4 Å². The third-order valence-corrected chi connectivity index (χ3v) is 4.49. The van der Waals surface area contributed by atoms with Crippen molar-refractivity contribution in [2.24, 2.45) is 0 Å². The average Bonchev–Trinajstić information content (AvgIpc) is 3.04. The van der Waals surface area contributed by atoms with Gasteiger partial charge in [-0.1, -0.05) is 18.2 Å². The molecule has 0 bridgehead atoms. The van der Waals surface area contributed by atoms with Gasteiger partial charge in [0.2, 0.25) is 5.88 Å². The van der Waals surface area contributed by atoms with Crippen LogP contribution in [0.4, 0.5) is 5.69 Å². The minimum absolute atomic E-state index is 0.127. The van der Waals surface area contributed by atoms with Crippen LogP contribution in [0.1, 0.15) is 6.92 Å². The summed E-state index contributed by atoms with van der Waals surface area (Å²) in [7, 11) is 1.79. The maximum Gasteiger partial charge on any atom is 0.277 e. The van der Waals surface area contributed by atoms with Crippen molar-refractivity contribution in [3.63, 3.8) is 0 Å². The molecule has 6 heteroatoms. The van der Waals surface area contributed by atoms with E-state index in [1.54, 1.807) is 24.1 Å². The van der Waals surface area contributed by atoms with Gasteiger partial charge in [-0.05, 0) is 37.4 Å². The van der Waals surface area contributed by atoms with Crippen molar-refractivity contribution < 1.29 is 9.53 Å². The summed E-state index contributed by atoms with van der Waals surface area (Å²) in [5.41, 5.74) is 1.55. The van der Waals surface area contributed by atoms with E-state index in [0.717, 1.165) is 18.0 Å². The number of likely N-dealkylation sites (N-methyl/N-ethyl adjacent to an activating group) is 1. The van der Waals surface area contributed by atoms with Gasteiger partial charge in [-0.25, -0.2) is 0 Å². The molecule has 0 N–H and O–H groups in total. The van der Waals surface area contributed by atoms with E-state index in [4.69, 9.17) is 17.0 Å². The van der Waals surface area contributed by atoms with E-state index >= 15 is 0 Å². The Balaban J connectivity index is 1.90.